The van der Waals surface area contributed by atoms with E-state index in [1.807, 2.05) is 24.5 Å². The quantitative estimate of drug-likeness (QED) is 0.305. The second-order valence-corrected chi connectivity index (χ2v) is 9.98. The van der Waals surface area contributed by atoms with E-state index in [9.17, 15) is 0 Å². The number of hydrogen-bond donors (Lipinski definition) is 0. The molecule has 2 aliphatic carbocycles. The van der Waals surface area contributed by atoms with Crippen molar-refractivity contribution in [2.24, 2.45) is 0 Å². The van der Waals surface area contributed by atoms with Crippen LogP contribution < -0.4 is 18.9 Å². The highest BCUT2D eigenvalue weighted by molar-refractivity contribution is 5.50. The molecule has 5 heteroatoms. The maximum atomic E-state index is 6.44. The first kappa shape index (κ1) is 24.5. The van der Waals surface area contributed by atoms with Crippen LogP contribution in [-0.4, -0.2) is 31.4 Å². The molecular formula is C31H37NO4. The molecule has 2 aliphatic rings. The van der Waals surface area contributed by atoms with E-state index in [0.29, 0.717) is 0 Å². The first-order chi connectivity index (χ1) is 17.7. The number of benzene rings is 2. The molecule has 0 bridgehead atoms. The maximum absolute atomic E-state index is 6.44. The molecule has 0 N–H and O–H groups in total. The summed E-state index contributed by atoms with van der Waals surface area (Å²) < 4.78 is 24.2. The van der Waals surface area contributed by atoms with E-state index in [-0.39, 0.29) is 18.1 Å². The maximum Gasteiger partial charge on any atom is 0.161 e. The number of methoxy groups -OCH3 is 2. The summed E-state index contributed by atoms with van der Waals surface area (Å²) in [4.78, 5) is 4.21. The van der Waals surface area contributed by atoms with Crippen LogP contribution in [0.2, 0.25) is 0 Å². The molecule has 2 fully saturated rings. The lowest BCUT2D eigenvalue weighted by molar-refractivity contribution is 0.200. The van der Waals surface area contributed by atoms with Crippen LogP contribution in [0.3, 0.4) is 0 Å². The molecule has 0 aliphatic heterocycles. The summed E-state index contributed by atoms with van der Waals surface area (Å²) >= 11 is 0. The predicted octanol–water partition coefficient (Wildman–Crippen LogP) is 7.12. The van der Waals surface area contributed by atoms with Crippen LogP contribution in [0.1, 0.15) is 74.0 Å². The highest BCUT2D eigenvalue weighted by atomic mass is 16.5. The molecular weight excluding hydrogens is 450 g/mol. The van der Waals surface area contributed by atoms with Crippen molar-refractivity contribution in [3.05, 3.63) is 77.6 Å². The van der Waals surface area contributed by atoms with Crippen molar-refractivity contribution >= 4 is 0 Å². The first-order valence-corrected chi connectivity index (χ1v) is 13.3. The molecule has 0 spiro atoms. The topological polar surface area (TPSA) is 49.8 Å². The Labute approximate surface area is 214 Å². The van der Waals surface area contributed by atoms with Gasteiger partial charge in [0.05, 0.1) is 26.4 Å². The Morgan fingerprint density at radius 1 is 0.667 bits per heavy atom. The van der Waals surface area contributed by atoms with Crippen molar-refractivity contribution in [3.63, 3.8) is 0 Å². The van der Waals surface area contributed by atoms with Gasteiger partial charge >= 0.3 is 0 Å². The van der Waals surface area contributed by atoms with E-state index in [4.69, 9.17) is 18.9 Å². The van der Waals surface area contributed by atoms with Crippen LogP contribution in [0.5, 0.6) is 23.0 Å². The summed E-state index contributed by atoms with van der Waals surface area (Å²) in [6, 6.07) is 16.9. The number of nitrogens with zero attached hydrogens (tertiary/aromatic N) is 1. The summed E-state index contributed by atoms with van der Waals surface area (Å²) in [5, 5.41) is 0. The van der Waals surface area contributed by atoms with Gasteiger partial charge in [0.1, 0.15) is 0 Å². The van der Waals surface area contributed by atoms with Crippen LogP contribution >= 0.6 is 0 Å². The molecule has 1 aromatic heterocycles. The SMILES string of the molecule is COc1ccc(C(Cc2ccncc2)c2ccc(OC)c(OC3CCCC3)c2)cc1OC1CCCC1. The van der Waals surface area contributed by atoms with Crippen LogP contribution in [-0.2, 0) is 6.42 Å². The van der Waals surface area contributed by atoms with Crippen molar-refractivity contribution in [1.29, 1.82) is 0 Å². The lowest BCUT2D eigenvalue weighted by Crippen LogP contribution is -2.13. The monoisotopic (exact) mass is 487 g/mol. The van der Waals surface area contributed by atoms with E-state index in [0.717, 1.165) is 55.1 Å². The summed E-state index contributed by atoms with van der Waals surface area (Å²) in [5.41, 5.74) is 3.62. The molecule has 3 aromatic rings. The number of pyridine rings is 1. The second kappa shape index (κ2) is 11.7. The van der Waals surface area contributed by atoms with Gasteiger partial charge in [0.25, 0.3) is 0 Å². The third-order valence-corrected chi connectivity index (χ3v) is 7.56. The van der Waals surface area contributed by atoms with Crippen LogP contribution in [0.15, 0.2) is 60.9 Å². The summed E-state index contributed by atoms with van der Waals surface area (Å²) in [6.45, 7) is 0. The summed E-state index contributed by atoms with van der Waals surface area (Å²) in [7, 11) is 3.42. The van der Waals surface area contributed by atoms with Gasteiger partial charge in [-0.1, -0.05) is 12.1 Å². The van der Waals surface area contributed by atoms with Crippen LogP contribution in [0.4, 0.5) is 0 Å². The van der Waals surface area contributed by atoms with Gasteiger partial charge in [-0.05, 0) is 111 Å². The lowest BCUT2D eigenvalue weighted by atomic mass is 9.85. The van der Waals surface area contributed by atoms with E-state index in [2.05, 4.69) is 41.4 Å². The average Bonchev–Trinajstić information content (AvgIpc) is 3.63. The molecule has 0 unspecified atom stereocenters. The van der Waals surface area contributed by atoms with Gasteiger partial charge in [0.2, 0.25) is 0 Å². The fourth-order valence-corrected chi connectivity index (χ4v) is 5.56. The molecule has 2 saturated carbocycles. The zero-order valence-electron chi connectivity index (χ0n) is 21.4. The Kier molecular flexibility index (Phi) is 7.95. The van der Waals surface area contributed by atoms with Crippen molar-refractivity contribution in [1.82, 2.24) is 4.98 Å². The number of aromatic nitrogens is 1. The highest BCUT2D eigenvalue weighted by Crippen LogP contribution is 2.40. The minimum absolute atomic E-state index is 0.112. The van der Waals surface area contributed by atoms with Crippen molar-refractivity contribution in [2.75, 3.05) is 14.2 Å². The predicted molar refractivity (Wildman–Crippen MR) is 142 cm³/mol. The molecule has 1 heterocycles. The first-order valence-electron chi connectivity index (χ1n) is 13.3. The molecule has 0 amide bonds. The Balaban J connectivity index is 1.51. The minimum atomic E-state index is 0.112. The third-order valence-electron chi connectivity index (χ3n) is 7.56. The number of ether oxygens (including phenoxy) is 4. The average molecular weight is 488 g/mol. The summed E-state index contributed by atoms with van der Waals surface area (Å²) in [5.74, 6) is 3.35. The van der Waals surface area contributed by atoms with Gasteiger partial charge in [-0.15, -0.1) is 0 Å². The van der Waals surface area contributed by atoms with Gasteiger partial charge in [-0.3, -0.25) is 4.98 Å². The van der Waals surface area contributed by atoms with E-state index in [1.165, 1.54) is 42.4 Å². The molecule has 5 rings (SSSR count). The lowest BCUT2D eigenvalue weighted by Gasteiger charge is -2.23. The molecule has 5 nitrogen and oxygen atoms in total. The fourth-order valence-electron chi connectivity index (χ4n) is 5.56. The molecule has 36 heavy (non-hydrogen) atoms. The Morgan fingerprint density at radius 2 is 1.14 bits per heavy atom. The normalized spacial score (nSPS) is 16.4. The third kappa shape index (κ3) is 5.77. The second-order valence-electron chi connectivity index (χ2n) is 9.98. The molecule has 2 aromatic carbocycles. The Hall–Kier alpha value is -3.21. The van der Waals surface area contributed by atoms with Gasteiger partial charge in [0, 0.05) is 18.3 Å². The minimum Gasteiger partial charge on any atom is -0.493 e. The fraction of sp³-hybridized carbons (Fsp3) is 0.452. The largest absolute Gasteiger partial charge is 0.493 e. The van der Waals surface area contributed by atoms with E-state index in [1.54, 1.807) is 14.2 Å². The van der Waals surface area contributed by atoms with Crippen molar-refractivity contribution in [3.8, 4) is 23.0 Å². The Bertz CT molecular complexity index is 1050. The molecule has 0 atom stereocenters. The van der Waals surface area contributed by atoms with E-state index >= 15 is 0 Å². The summed E-state index contributed by atoms with van der Waals surface area (Å²) in [6.07, 6.45) is 14.4. The van der Waals surface area contributed by atoms with Gasteiger partial charge in [-0.25, -0.2) is 0 Å². The highest BCUT2D eigenvalue weighted by Gasteiger charge is 2.24. The van der Waals surface area contributed by atoms with Crippen molar-refractivity contribution < 1.29 is 18.9 Å². The van der Waals surface area contributed by atoms with Crippen LogP contribution in [0, 0.1) is 0 Å². The Morgan fingerprint density at radius 3 is 1.58 bits per heavy atom. The molecule has 0 saturated heterocycles. The van der Waals surface area contributed by atoms with Gasteiger partial charge < -0.3 is 18.9 Å². The zero-order chi connectivity index (χ0) is 24.7. The smallest absolute Gasteiger partial charge is 0.161 e. The number of rotatable bonds is 10. The van der Waals surface area contributed by atoms with E-state index < -0.39 is 0 Å². The molecule has 0 radical (unpaired) electrons. The zero-order valence-corrected chi connectivity index (χ0v) is 21.4. The molecule has 190 valence electrons. The van der Waals surface area contributed by atoms with Gasteiger partial charge in [0.15, 0.2) is 23.0 Å². The van der Waals surface area contributed by atoms with Crippen molar-refractivity contribution in [2.45, 2.75) is 75.9 Å². The van der Waals surface area contributed by atoms with Gasteiger partial charge in [-0.2, -0.15) is 0 Å². The number of hydrogen-bond acceptors (Lipinski definition) is 5. The standard InChI is InChI=1S/C31H37NO4/c1-33-28-13-11-23(20-30(28)35-25-7-3-4-8-25)27(19-22-15-17-32-18-16-22)24-12-14-29(34-2)31(21-24)36-26-9-5-6-10-26/h11-18,20-21,25-27H,3-10,19H2,1-2H3. The van der Waals surface area contributed by atoms with Crippen LogP contribution in [0.25, 0.3) is 0 Å².